The summed E-state index contributed by atoms with van der Waals surface area (Å²) < 4.78 is 0. The fraction of sp³-hybridized carbons (Fsp3) is 1.00. The van der Waals surface area contributed by atoms with Gasteiger partial charge in [0, 0.05) is 0 Å². The Morgan fingerprint density at radius 1 is 1.58 bits per heavy atom. The summed E-state index contributed by atoms with van der Waals surface area (Å²) in [7, 11) is 0. The normalized spacial score (nSPS) is 40.2. The summed E-state index contributed by atoms with van der Waals surface area (Å²) in [4.78, 5) is 0. The van der Waals surface area contributed by atoms with Crippen molar-refractivity contribution in [3.8, 4) is 0 Å². The monoisotopic (exact) mass is 185 g/mol. The predicted molar refractivity (Wildman–Crippen MR) is 55.6 cm³/mol. The van der Waals surface area contributed by atoms with Crippen LogP contribution in [0.5, 0.6) is 0 Å². The van der Waals surface area contributed by atoms with Crippen molar-refractivity contribution in [1.29, 1.82) is 0 Å². The molecule has 1 aliphatic heterocycles. The Bertz CT molecular complexity index is 150. The molecule has 1 saturated carbocycles. The molecule has 1 heterocycles. The molecule has 1 aliphatic carbocycles. The van der Waals surface area contributed by atoms with Gasteiger partial charge in [0.05, 0.1) is 0 Å². The van der Waals surface area contributed by atoms with Crippen molar-refractivity contribution < 1.29 is 0 Å². The van der Waals surface area contributed by atoms with Crippen molar-refractivity contribution in [2.24, 2.45) is 11.3 Å². The third-order valence-electron chi connectivity index (χ3n) is 3.35. The maximum atomic E-state index is 3.47. The van der Waals surface area contributed by atoms with Crippen LogP contribution in [0.15, 0.2) is 0 Å². The Kier molecular flexibility index (Phi) is 2.66. The average Bonchev–Trinajstić information content (AvgIpc) is 2.77. The topological polar surface area (TPSA) is 12.0 Å². The van der Waals surface area contributed by atoms with Crippen molar-refractivity contribution in [3.05, 3.63) is 0 Å². The lowest BCUT2D eigenvalue weighted by molar-refractivity contribution is 0.442. The van der Waals surface area contributed by atoms with Crippen LogP contribution in [0.25, 0.3) is 0 Å². The summed E-state index contributed by atoms with van der Waals surface area (Å²) in [5.74, 6) is 3.88. The second-order valence-electron chi connectivity index (χ2n) is 4.23. The van der Waals surface area contributed by atoms with Crippen LogP contribution in [0.2, 0.25) is 0 Å². The molecule has 0 amide bonds. The van der Waals surface area contributed by atoms with E-state index in [0.29, 0.717) is 0 Å². The highest BCUT2D eigenvalue weighted by atomic mass is 32.2. The highest BCUT2D eigenvalue weighted by Gasteiger charge is 2.53. The number of nitrogens with one attached hydrogen (secondary N) is 1. The zero-order chi connectivity index (χ0) is 8.44. The third-order valence-corrected chi connectivity index (χ3v) is 4.71. The smallest absolute Gasteiger partial charge is 0.000755 e. The zero-order valence-corrected chi connectivity index (χ0v) is 8.75. The van der Waals surface area contributed by atoms with E-state index in [9.17, 15) is 0 Å². The molecule has 0 radical (unpaired) electrons. The Balaban J connectivity index is 1.75. The van der Waals surface area contributed by atoms with Crippen LogP contribution in [-0.4, -0.2) is 24.6 Å². The lowest BCUT2D eigenvalue weighted by atomic mass is 9.99. The summed E-state index contributed by atoms with van der Waals surface area (Å²) in [6, 6.07) is 0. The van der Waals surface area contributed by atoms with E-state index in [1.165, 1.54) is 37.3 Å². The summed E-state index contributed by atoms with van der Waals surface area (Å²) in [5, 5.41) is 3.47. The van der Waals surface area contributed by atoms with Crippen LogP contribution in [0.4, 0.5) is 0 Å². The molecule has 12 heavy (non-hydrogen) atoms. The lowest BCUT2D eigenvalue weighted by Crippen LogP contribution is -2.22. The van der Waals surface area contributed by atoms with Gasteiger partial charge in [-0.15, -0.1) is 0 Å². The Morgan fingerprint density at radius 2 is 2.50 bits per heavy atom. The van der Waals surface area contributed by atoms with Crippen molar-refractivity contribution in [3.63, 3.8) is 0 Å². The number of hydrogen-bond acceptors (Lipinski definition) is 2. The van der Waals surface area contributed by atoms with Gasteiger partial charge in [-0.25, -0.2) is 0 Å². The molecular formula is C10H19NS. The molecule has 0 bridgehead atoms. The Labute approximate surface area is 79.7 Å². The molecule has 0 aromatic carbocycles. The Hall–Kier alpha value is 0.310. The molecule has 0 aromatic heterocycles. The van der Waals surface area contributed by atoms with Gasteiger partial charge >= 0.3 is 0 Å². The Morgan fingerprint density at radius 3 is 3.17 bits per heavy atom. The molecule has 2 unspecified atom stereocenters. The first-order chi connectivity index (χ1) is 5.87. The minimum absolute atomic E-state index is 0.797. The van der Waals surface area contributed by atoms with Crippen LogP contribution in [0.1, 0.15) is 26.2 Å². The largest absolute Gasteiger partial charge is 0.317 e. The molecule has 2 atom stereocenters. The zero-order valence-electron chi connectivity index (χ0n) is 7.94. The second kappa shape index (κ2) is 3.59. The predicted octanol–water partition coefficient (Wildman–Crippen LogP) is 2.13. The average molecular weight is 185 g/mol. The van der Waals surface area contributed by atoms with Gasteiger partial charge in [-0.05, 0) is 55.2 Å². The molecule has 2 heteroatoms. The molecule has 2 rings (SSSR count). The number of rotatable bonds is 3. The van der Waals surface area contributed by atoms with Crippen LogP contribution < -0.4 is 5.32 Å². The minimum atomic E-state index is 0.797. The van der Waals surface area contributed by atoms with Gasteiger partial charge in [-0.2, -0.15) is 11.8 Å². The molecule has 1 nitrogen and oxygen atoms in total. The van der Waals surface area contributed by atoms with Gasteiger partial charge in [0.1, 0.15) is 0 Å². The highest BCUT2D eigenvalue weighted by molar-refractivity contribution is 7.99. The molecule has 1 saturated heterocycles. The van der Waals surface area contributed by atoms with Crippen molar-refractivity contribution in [2.75, 3.05) is 24.6 Å². The van der Waals surface area contributed by atoms with Crippen LogP contribution in [0, 0.1) is 11.3 Å². The van der Waals surface area contributed by atoms with Gasteiger partial charge in [-0.3, -0.25) is 0 Å². The first kappa shape index (κ1) is 8.89. The van der Waals surface area contributed by atoms with E-state index in [-0.39, 0.29) is 0 Å². The van der Waals surface area contributed by atoms with Crippen LogP contribution >= 0.6 is 11.8 Å². The summed E-state index contributed by atoms with van der Waals surface area (Å²) >= 11 is 2.17. The number of hydrogen-bond donors (Lipinski definition) is 1. The molecule has 2 aliphatic rings. The standard InChI is InChI=1S/C10H19NS/c1-2-11-7-9-6-10(9)4-3-5-12-8-10/h9,11H,2-8H2,1H3. The summed E-state index contributed by atoms with van der Waals surface area (Å²) in [6.07, 6.45) is 4.48. The van der Waals surface area contributed by atoms with Gasteiger partial charge in [0.15, 0.2) is 0 Å². The van der Waals surface area contributed by atoms with E-state index < -0.39 is 0 Å². The van der Waals surface area contributed by atoms with Gasteiger partial charge in [0.25, 0.3) is 0 Å². The van der Waals surface area contributed by atoms with Gasteiger partial charge in [0.2, 0.25) is 0 Å². The minimum Gasteiger partial charge on any atom is -0.317 e. The van der Waals surface area contributed by atoms with E-state index in [1.54, 1.807) is 0 Å². The van der Waals surface area contributed by atoms with Crippen molar-refractivity contribution >= 4 is 11.8 Å². The van der Waals surface area contributed by atoms with E-state index in [2.05, 4.69) is 24.0 Å². The van der Waals surface area contributed by atoms with Gasteiger partial charge in [-0.1, -0.05) is 6.92 Å². The molecule has 70 valence electrons. The number of thioether (sulfide) groups is 1. The molecular weight excluding hydrogens is 166 g/mol. The second-order valence-corrected chi connectivity index (χ2v) is 5.33. The molecule has 1 N–H and O–H groups in total. The quantitative estimate of drug-likeness (QED) is 0.723. The first-order valence-electron chi connectivity index (χ1n) is 5.16. The van der Waals surface area contributed by atoms with Crippen LogP contribution in [0.3, 0.4) is 0 Å². The summed E-state index contributed by atoms with van der Waals surface area (Å²) in [5.41, 5.74) is 0.797. The fourth-order valence-corrected chi connectivity index (χ4v) is 3.79. The van der Waals surface area contributed by atoms with Crippen molar-refractivity contribution in [1.82, 2.24) is 5.32 Å². The van der Waals surface area contributed by atoms with Crippen molar-refractivity contribution in [2.45, 2.75) is 26.2 Å². The molecule has 1 spiro atoms. The molecule has 0 aromatic rings. The molecule has 2 fully saturated rings. The van der Waals surface area contributed by atoms with Gasteiger partial charge < -0.3 is 5.32 Å². The SMILES string of the molecule is CCNCC1CC12CCCSC2. The highest BCUT2D eigenvalue weighted by Crippen LogP contribution is 2.59. The van der Waals surface area contributed by atoms with Crippen LogP contribution in [-0.2, 0) is 0 Å². The van der Waals surface area contributed by atoms with E-state index >= 15 is 0 Å². The third kappa shape index (κ3) is 1.64. The fourth-order valence-electron chi connectivity index (χ4n) is 2.40. The van der Waals surface area contributed by atoms with E-state index in [0.717, 1.165) is 17.9 Å². The van der Waals surface area contributed by atoms with E-state index in [1.807, 2.05) is 0 Å². The maximum absolute atomic E-state index is 3.47. The first-order valence-corrected chi connectivity index (χ1v) is 6.31. The maximum Gasteiger partial charge on any atom is -0.000755 e. The summed E-state index contributed by atoms with van der Waals surface area (Å²) in [6.45, 7) is 4.61. The van der Waals surface area contributed by atoms with E-state index in [4.69, 9.17) is 0 Å². The lowest BCUT2D eigenvalue weighted by Gasteiger charge is -2.22.